The van der Waals surface area contributed by atoms with Crippen LogP contribution in [0.3, 0.4) is 0 Å². The molecule has 0 aromatic carbocycles. The van der Waals surface area contributed by atoms with Crippen molar-refractivity contribution in [3.8, 4) is 0 Å². The second-order valence-electron chi connectivity index (χ2n) is 6.22. The summed E-state index contributed by atoms with van der Waals surface area (Å²) in [5, 5.41) is 2.29. The zero-order valence-corrected chi connectivity index (χ0v) is 12.7. The van der Waals surface area contributed by atoms with Gasteiger partial charge in [-0.2, -0.15) is 0 Å². The Kier molecular flexibility index (Phi) is 3.02. The van der Waals surface area contributed by atoms with Gasteiger partial charge in [-0.25, -0.2) is 4.98 Å². The number of likely N-dealkylation sites (tertiary alicyclic amines) is 1. The van der Waals surface area contributed by atoms with E-state index in [0.29, 0.717) is 18.6 Å². The number of pyridine rings is 1. The summed E-state index contributed by atoms with van der Waals surface area (Å²) in [5.41, 5.74) is -0.885. The number of aromatic nitrogens is 2. The third-order valence-electron chi connectivity index (χ3n) is 4.72. The average molecular weight is 326 g/mol. The van der Waals surface area contributed by atoms with Gasteiger partial charge in [0, 0.05) is 31.9 Å². The molecule has 2 fully saturated rings. The number of rotatable bonds is 1. The van der Waals surface area contributed by atoms with Crippen LogP contribution >= 0.6 is 0 Å². The van der Waals surface area contributed by atoms with E-state index in [9.17, 15) is 19.2 Å². The molecule has 1 N–H and O–H groups in total. The summed E-state index contributed by atoms with van der Waals surface area (Å²) < 4.78 is 1.31. The second kappa shape index (κ2) is 4.98. The molecule has 24 heavy (non-hydrogen) atoms. The monoisotopic (exact) mass is 326 g/mol. The minimum atomic E-state index is -0.854. The van der Waals surface area contributed by atoms with E-state index in [1.807, 2.05) is 0 Å². The summed E-state index contributed by atoms with van der Waals surface area (Å²) in [6, 6.07) is 5.11. The van der Waals surface area contributed by atoms with Gasteiger partial charge in [0.25, 0.3) is 11.5 Å². The molecule has 2 saturated heterocycles. The van der Waals surface area contributed by atoms with Crippen LogP contribution in [0.4, 0.5) is 0 Å². The SMILES string of the molecule is O=C1C[C@@]2(CCN(C(=O)c3cnc4ccccn4c3=O)C2)C(=O)N1. The molecule has 122 valence electrons. The van der Waals surface area contributed by atoms with Crippen molar-refractivity contribution in [1.29, 1.82) is 0 Å². The molecule has 4 heterocycles. The Hall–Kier alpha value is -3.03. The zero-order valence-electron chi connectivity index (χ0n) is 12.7. The Morgan fingerprint density at radius 2 is 2.08 bits per heavy atom. The minimum Gasteiger partial charge on any atom is -0.337 e. The molecule has 0 unspecified atom stereocenters. The molecule has 2 aliphatic heterocycles. The van der Waals surface area contributed by atoms with E-state index >= 15 is 0 Å². The largest absolute Gasteiger partial charge is 0.337 e. The van der Waals surface area contributed by atoms with E-state index in [1.165, 1.54) is 15.5 Å². The maximum Gasteiger partial charge on any atom is 0.270 e. The Labute approximate surface area is 136 Å². The quantitative estimate of drug-likeness (QED) is 0.717. The van der Waals surface area contributed by atoms with Crippen LogP contribution in [-0.4, -0.2) is 45.1 Å². The summed E-state index contributed by atoms with van der Waals surface area (Å²) in [4.78, 5) is 54.2. The molecular formula is C16H14N4O4. The van der Waals surface area contributed by atoms with E-state index < -0.39 is 16.9 Å². The molecule has 2 aromatic heterocycles. The molecule has 1 spiro atoms. The predicted octanol–water partition coefficient (Wildman–Crippen LogP) is -0.427. The zero-order chi connectivity index (χ0) is 16.9. The lowest BCUT2D eigenvalue weighted by Crippen LogP contribution is -2.38. The van der Waals surface area contributed by atoms with Gasteiger partial charge >= 0.3 is 0 Å². The van der Waals surface area contributed by atoms with Crippen LogP contribution < -0.4 is 10.9 Å². The van der Waals surface area contributed by atoms with Crippen molar-refractivity contribution in [1.82, 2.24) is 19.6 Å². The second-order valence-corrected chi connectivity index (χ2v) is 6.22. The smallest absolute Gasteiger partial charge is 0.270 e. The van der Waals surface area contributed by atoms with Crippen LogP contribution in [0.15, 0.2) is 35.4 Å². The van der Waals surface area contributed by atoms with Gasteiger partial charge in [0.15, 0.2) is 0 Å². The van der Waals surface area contributed by atoms with Gasteiger partial charge in [-0.3, -0.25) is 28.9 Å². The highest BCUT2D eigenvalue weighted by Gasteiger charge is 2.52. The number of carbonyl (C=O) groups is 3. The van der Waals surface area contributed by atoms with Crippen molar-refractivity contribution in [3.63, 3.8) is 0 Å². The van der Waals surface area contributed by atoms with Crippen molar-refractivity contribution in [2.45, 2.75) is 12.8 Å². The van der Waals surface area contributed by atoms with E-state index in [0.717, 1.165) is 0 Å². The first kappa shape index (κ1) is 14.6. The Balaban J connectivity index is 1.66. The molecule has 0 saturated carbocycles. The number of nitrogens with zero attached hydrogens (tertiary/aromatic N) is 3. The number of hydrogen-bond donors (Lipinski definition) is 1. The molecule has 4 rings (SSSR count). The number of imide groups is 1. The van der Waals surface area contributed by atoms with Crippen LogP contribution in [0.5, 0.6) is 0 Å². The van der Waals surface area contributed by atoms with Crippen LogP contribution in [0.1, 0.15) is 23.2 Å². The molecule has 2 aliphatic rings. The maximum absolute atomic E-state index is 12.7. The molecule has 0 bridgehead atoms. The fourth-order valence-corrected chi connectivity index (χ4v) is 3.41. The molecule has 0 radical (unpaired) electrons. The van der Waals surface area contributed by atoms with Crippen molar-refractivity contribution in [3.05, 3.63) is 46.5 Å². The third-order valence-corrected chi connectivity index (χ3v) is 4.72. The van der Waals surface area contributed by atoms with Gasteiger partial charge in [0.05, 0.1) is 5.41 Å². The van der Waals surface area contributed by atoms with Gasteiger partial charge in [-0.15, -0.1) is 0 Å². The molecule has 1 atom stereocenters. The van der Waals surface area contributed by atoms with Gasteiger partial charge in [-0.05, 0) is 18.6 Å². The van der Waals surface area contributed by atoms with Crippen molar-refractivity contribution in [2.75, 3.05) is 13.1 Å². The molecule has 2 aromatic rings. The highest BCUT2D eigenvalue weighted by Crippen LogP contribution is 2.37. The fraction of sp³-hybridized carbons (Fsp3) is 0.312. The standard InChI is InChI=1S/C16H14N4O4/c21-12-7-16(15(24)18-12)4-6-19(9-16)13(22)10-8-17-11-3-1-2-5-20(11)14(10)23/h1-3,5,8H,4,6-7,9H2,(H,18,21,24)/t16-/m1/s1. The van der Waals surface area contributed by atoms with Crippen LogP contribution in [-0.2, 0) is 9.59 Å². The first-order valence-corrected chi connectivity index (χ1v) is 7.60. The highest BCUT2D eigenvalue weighted by atomic mass is 16.2. The maximum atomic E-state index is 12.7. The first-order valence-electron chi connectivity index (χ1n) is 7.60. The third kappa shape index (κ3) is 2.03. The lowest BCUT2D eigenvalue weighted by Gasteiger charge is -2.20. The van der Waals surface area contributed by atoms with E-state index in [-0.39, 0.29) is 30.3 Å². The van der Waals surface area contributed by atoms with E-state index in [2.05, 4.69) is 10.3 Å². The number of amides is 3. The van der Waals surface area contributed by atoms with Crippen molar-refractivity contribution >= 4 is 23.4 Å². The summed E-state index contributed by atoms with van der Waals surface area (Å²) >= 11 is 0. The number of hydrogen-bond acceptors (Lipinski definition) is 5. The molecule has 3 amide bonds. The van der Waals surface area contributed by atoms with Crippen molar-refractivity contribution < 1.29 is 14.4 Å². The lowest BCUT2D eigenvalue weighted by atomic mass is 9.85. The highest BCUT2D eigenvalue weighted by molar-refractivity contribution is 6.06. The summed E-state index contributed by atoms with van der Waals surface area (Å²) in [6.45, 7) is 0.469. The molecular weight excluding hydrogens is 312 g/mol. The predicted molar refractivity (Wildman–Crippen MR) is 82.2 cm³/mol. The number of nitrogens with one attached hydrogen (secondary N) is 1. The Morgan fingerprint density at radius 1 is 1.25 bits per heavy atom. The topological polar surface area (TPSA) is 101 Å². The number of fused-ring (bicyclic) bond motifs is 1. The normalized spacial score (nSPS) is 23.2. The Bertz CT molecular complexity index is 950. The Morgan fingerprint density at radius 3 is 2.83 bits per heavy atom. The average Bonchev–Trinajstić information content (AvgIpc) is 3.11. The van der Waals surface area contributed by atoms with Gasteiger partial charge in [-0.1, -0.05) is 6.07 Å². The fourth-order valence-electron chi connectivity index (χ4n) is 3.41. The molecule has 0 aliphatic carbocycles. The van der Waals surface area contributed by atoms with E-state index in [1.54, 1.807) is 24.4 Å². The number of carbonyl (C=O) groups excluding carboxylic acids is 3. The molecule has 8 nitrogen and oxygen atoms in total. The minimum absolute atomic E-state index is 0.0412. The van der Waals surface area contributed by atoms with Crippen LogP contribution in [0, 0.1) is 5.41 Å². The van der Waals surface area contributed by atoms with Crippen LogP contribution in [0.2, 0.25) is 0 Å². The van der Waals surface area contributed by atoms with Gasteiger partial charge in [0.2, 0.25) is 11.8 Å². The lowest BCUT2D eigenvalue weighted by molar-refractivity contribution is -0.128. The van der Waals surface area contributed by atoms with E-state index in [4.69, 9.17) is 0 Å². The summed E-state index contributed by atoms with van der Waals surface area (Å²) in [5.74, 6) is -1.12. The first-order chi connectivity index (χ1) is 11.5. The van der Waals surface area contributed by atoms with Crippen LogP contribution in [0.25, 0.3) is 5.65 Å². The van der Waals surface area contributed by atoms with Gasteiger partial charge < -0.3 is 4.90 Å². The summed E-state index contributed by atoms with van der Waals surface area (Å²) in [7, 11) is 0. The van der Waals surface area contributed by atoms with Crippen molar-refractivity contribution in [2.24, 2.45) is 5.41 Å². The molecule has 8 heteroatoms. The van der Waals surface area contributed by atoms with Gasteiger partial charge in [0.1, 0.15) is 11.2 Å². The summed E-state index contributed by atoms with van der Waals surface area (Å²) in [6.07, 6.45) is 3.32.